The second-order valence-electron chi connectivity index (χ2n) is 8.22. The number of hydrogen-bond acceptors (Lipinski definition) is 7. The highest BCUT2D eigenvalue weighted by atomic mass is 19.1. The Balaban J connectivity index is 2.15. The third-order valence-electron chi connectivity index (χ3n) is 4.40. The average Bonchev–Trinajstić information content (AvgIpc) is 3.16. The van der Waals surface area contributed by atoms with Crippen LogP contribution in [0.4, 0.5) is 4.39 Å². The Hall–Kier alpha value is -2.68. The van der Waals surface area contributed by atoms with Gasteiger partial charge in [-0.05, 0) is 51.5 Å². The van der Waals surface area contributed by atoms with Crippen LogP contribution >= 0.6 is 0 Å². The van der Waals surface area contributed by atoms with E-state index < -0.39 is 29.7 Å². The van der Waals surface area contributed by atoms with Crippen molar-refractivity contribution in [2.24, 2.45) is 4.99 Å². The van der Waals surface area contributed by atoms with E-state index in [-0.39, 0.29) is 38.5 Å². The van der Waals surface area contributed by atoms with E-state index in [9.17, 15) is 14.0 Å². The standard InChI is InChI=1S/C22H31FN2O6/c1-21(2,3)31-18(27)9-10-22(20(28)24-12-11-23)15-30-19(25-22)16-5-7-17(8-6-16)29-14-4-13-26/h5-8,26H,4,9-15H2,1-3H3,(H,24,28)/t22-/m1/s1. The summed E-state index contributed by atoms with van der Waals surface area (Å²) in [5.41, 5.74) is -1.33. The number of hydrogen-bond donors (Lipinski definition) is 2. The largest absolute Gasteiger partial charge is 0.494 e. The quantitative estimate of drug-likeness (QED) is 0.405. The predicted octanol–water partition coefficient (Wildman–Crippen LogP) is 2.17. The molecule has 31 heavy (non-hydrogen) atoms. The summed E-state index contributed by atoms with van der Waals surface area (Å²) in [5.74, 6) is -0.0416. The van der Waals surface area contributed by atoms with E-state index in [1.54, 1.807) is 45.0 Å². The summed E-state index contributed by atoms with van der Waals surface area (Å²) in [6.07, 6.45) is 0.579. The monoisotopic (exact) mass is 438 g/mol. The number of ether oxygens (including phenoxy) is 3. The number of alkyl halides is 1. The van der Waals surface area contributed by atoms with Crippen LogP contribution in [0.15, 0.2) is 29.3 Å². The Labute approximate surface area is 181 Å². The third-order valence-corrected chi connectivity index (χ3v) is 4.40. The first-order chi connectivity index (χ1) is 14.7. The molecule has 0 aliphatic carbocycles. The molecule has 0 saturated heterocycles. The van der Waals surface area contributed by atoms with Crippen LogP contribution in [0.1, 0.15) is 45.6 Å². The summed E-state index contributed by atoms with van der Waals surface area (Å²) >= 11 is 0. The fourth-order valence-corrected chi connectivity index (χ4v) is 2.93. The molecular weight excluding hydrogens is 407 g/mol. The molecule has 0 bridgehead atoms. The van der Waals surface area contributed by atoms with Crippen molar-refractivity contribution in [2.45, 2.75) is 51.2 Å². The zero-order valence-electron chi connectivity index (χ0n) is 18.3. The van der Waals surface area contributed by atoms with Gasteiger partial charge in [-0.3, -0.25) is 9.59 Å². The molecule has 1 aliphatic heterocycles. The molecule has 1 aliphatic rings. The molecule has 9 heteroatoms. The lowest BCUT2D eigenvalue weighted by Gasteiger charge is -2.24. The maximum Gasteiger partial charge on any atom is 0.306 e. The van der Waals surface area contributed by atoms with Gasteiger partial charge in [-0.25, -0.2) is 9.38 Å². The van der Waals surface area contributed by atoms with Gasteiger partial charge in [0.15, 0.2) is 5.54 Å². The van der Waals surface area contributed by atoms with Crippen molar-refractivity contribution in [3.05, 3.63) is 29.8 Å². The van der Waals surface area contributed by atoms with E-state index in [2.05, 4.69) is 10.3 Å². The van der Waals surface area contributed by atoms with Gasteiger partial charge in [-0.15, -0.1) is 0 Å². The molecule has 0 aromatic heterocycles. The third kappa shape index (κ3) is 7.50. The minimum absolute atomic E-state index is 0.0297. The number of nitrogens with zero attached hydrogens (tertiary/aromatic N) is 1. The second-order valence-corrected chi connectivity index (χ2v) is 8.22. The fraction of sp³-hybridized carbons (Fsp3) is 0.591. The van der Waals surface area contributed by atoms with Crippen LogP contribution in [-0.4, -0.2) is 67.1 Å². The van der Waals surface area contributed by atoms with Crippen molar-refractivity contribution in [1.29, 1.82) is 0 Å². The summed E-state index contributed by atoms with van der Waals surface area (Å²) in [4.78, 5) is 29.4. The first kappa shape index (κ1) is 24.6. The number of carbonyl (C=O) groups is 2. The smallest absolute Gasteiger partial charge is 0.306 e. The molecule has 2 N–H and O–H groups in total. The minimum Gasteiger partial charge on any atom is -0.494 e. The Kier molecular flexibility index (Phi) is 8.79. The lowest BCUT2D eigenvalue weighted by Crippen LogP contribution is -2.47. The zero-order chi connectivity index (χ0) is 22.9. The van der Waals surface area contributed by atoms with Crippen molar-refractivity contribution in [3.8, 4) is 5.75 Å². The number of amides is 1. The molecule has 0 saturated carbocycles. The number of aliphatic imine (C=N–C) groups is 1. The van der Waals surface area contributed by atoms with E-state index >= 15 is 0 Å². The highest BCUT2D eigenvalue weighted by Gasteiger charge is 2.44. The second kappa shape index (κ2) is 11.1. The molecule has 1 atom stereocenters. The number of halogens is 1. The van der Waals surface area contributed by atoms with Crippen LogP contribution < -0.4 is 10.1 Å². The van der Waals surface area contributed by atoms with Gasteiger partial charge in [0, 0.05) is 31.6 Å². The fourth-order valence-electron chi connectivity index (χ4n) is 2.93. The molecule has 172 valence electrons. The Bertz CT molecular complexity index is 775. The molecule has 0 fully saturated rings. The van der Waals surface area contributed by atoms with Crippen LogP contribution in [0.2, 0.25) is 0 Å². The molecular formula is C22H31FN2O6. The number of nitrogens with one attached hydrogen (secondary N) is 1. The molecule has 8 nitrogen and oxygen atoms in total. The molecule has 1 amide bonds. The molecule has 1 aromatic carbocycles. The number of rotatable bonds is 11. The van der Waals surface area contributed by atoms with Crippen molar-refractivity contribution in [3.63, 3.8) is 0 Å². The van der Waals surface area contributed by atoms with Gasteiger partial charge in [0.1, 0.15) is 24.6 Å². The van der Waals surface area contributed by atoms with Crippen LogP contribution in [0, 0.1) is 0 Å². The molecule has 0 unspecified atom stereocenters. The summed E-state index contributed by atoms with van der Waals surface area (Å²) < 4.78 is 29.1. The molecule has 1 heterocycles. The normalized spacial score (nSPS) is 18.2. The zero-order valence-corrected chi connectivity index (χ0v) is 18.3. The summed E-state index contributed by atoms with van der Waals surface area (Å²) in [6.45, 7) is 4.84. The van der Waals surface area contributed by atoms with Gasteiger partial charge in [-0.1, -0.05) is 0 Å². The highest BCUT2D eigenvalue weighted by Crippen LogP contribution is 2.28. The van der Waals surface area contributed by atoms with Crippen LogP contribution in [0.5, 0.6) is 5.75 Å². The summed E-state index contributed by atoms with van der Waals surface area (Å²) in [7, 11) is 0. The maximum atomic E-state index is 12.7. The molecule has 1 aromatic rings. The summed E-state index contributed by atoms with van der Waals surface area (Å²) in [5, 5.41) is 11.3. The van der Waals surface area contributed by atoms with Gasteiger partial charge in [-0.2, -0.15) is 0 Å². The molecule has 2 rings (SSSR count). The Morgan fingerprint density at radius 2 is 2.00 bits per heavy atom. The van der Waals surface area contributed by atoms with E-state index in [0.717, 1.165) is 0 Å². The van der Waals surface area contributed by atoms with E-state index in [1.807, 2.05) is 0 Å². The number of aliphatic hydroxyl groups is 1. The van der Waals surface area contributed by atoms with Crippen molar-refractivity contribution in [2.75, 3.05) is 33.0 Å². The Morgan fingerprint density at radius 3 is 2.61 bits per heavy atom. The van der Waals surface area contributed by atoms with Crippen molar-refractivity contribution in [1.82, 2.24) is 5.32 Å². The van der Waals surface area contributed by atoms with Crippen LogP contribution in [-0.2, 0) is 19.1 Å². The van der Waals surface area contributed by atoms with Crippen molar-refractivity contribution < 1.29 is 33.3 Å². The number of carbonyl (C=O) groups excluding carboxylic acids is 2. The lowest BCUT2D eigenvalue weighted by molar-refractivity contribution is -0.155. The van der Waals surface area contributed by atoms with E-state index in [1.165, 1.54) is 0 Å². The van der Waals surface area contributed by atoms with Gasteiger partial charge in [0.25, 0.3) is 5.91 Å². The first-order valence-corrected chi connectivity index (χ1v) is 10.3. The lowest BCUT2D eigenvalue weighted by atomic mass is 9.94. The minimum atomic E-state index is -1.34. The number of esters is 1. The number of aliphatic hydroxyl groups excluding tert-OH is 1. The highest BCUT2D eigenvalue weighted by molar-refractivity contribution is 6.00. The number of benzene rings is 1. The van der Waals surface area contributed by atoms with Gasteiger partial charge < -0.3 is 24.6 Å². The first-order valence-electron chi connectivity index (χ1n) is 10.3. The van der Waals surface area contributed by atoms with Crippen LogP contribution in [0.3, 0.4) is 0 Å². The topological polar surface area (TPSA) is 106 Å². The van der Waals surface area contributed by atoms with E-state index in [4.69, 9.17) is 19.3 Å². The maximum absolute atomic E-state index is 12.7. The predicted molar refractivity (Wildman–Crippen MR) is 113 cm³/mol. The molecule has 0 spiro atoms. The van der Waals surface area contributed by atoms with Gasteiger partial charge in [0.05, 0.1) is 6.61 Å². The van der Waals surface area contributed by atoms with Crippen LogP contribution in [0.25, 0.3) is 0 Å². The van der Waals surface area contributed by atoms with E-state index in [0.29, 0.717) is 24.3 Å². The van der Waals surface area contributed by atoms with Gasteiger partial charge >= 0.3 is 5.97 Å². The van der Waals surface area contributed by atoms with Gasteiger partial charge in [0.2, 0.25) is 5.90 Å². The SMILES string of the molecule is CC(C)(C)OC(=O)CC[C@]1(C(=O)NCCF)COC(c2ccc(OCCCO)cc2)=N1. The Morgan fingerprint density at radius 1 is 1.29 bits per heavy atom. The average molecular weight is 438 g/mol. The molecule has 0 radical (unpaired) electrons. The van der Waals surface area contributed by atoms with Crippen molar-refractivity contribution >= 4 is 17.8 Å². The summed E-state index contributed by atoms with van der Waals surface area (Å²) in [6, 6.07) is 6.97.